The summed E-state index contributed by atoms with van der Waals surface area (Å²) in [6.07, 6.45) is 0.604. The lowest BCUT2D eigenvalue weighted by atomic mass is 10.1. The van der Waals surface area contributed by atoms with Crippen LogP contribution in [0.3, 0.4) is 0 Å². The van der Waals surface area contributed by atoms with Crippen LogP contribution in [0.4, 0.5) is 0 Å². The smallest absolute Gasteiger partial charge is 0.118 e. The lowest BCUT2D eigenvalue weighted by molar-refractivity contribution is 0.00789. The van der Waals surface area contributed by atoms with Gasteiger partial charge in [-0.05, 0) is 42.1 Å². The molecule has 0 radical (unpaired) electrons. The van der Waals surface area contributed by atoms with Crippen molar-refractivity contribution in [2.75, 3.05) is 26.8 Å². The van der Waals surface area contributed by atoms with Gasteiger partial charge < -0.3 is 14.6 Å². The van der Waals surface area contributed by atoms with Crippen molar-refractivity contribution >= 4 is 0 Å². The fourth-order valence-electron chi connectivity index (χ4n) is 2.90. The van der Waals surface area contributed by atoms with Crippen molar-refractivity contribution < 1.29 is 14.6 Å². The molecule has 0 amide bonds. The highest BCUT2D eigenvalue weighted by atomic mass is 16.5. The molecule has 2 aromatic carbocycles. The number of hydrogen-bond donors (Lipinski definition) is 1. The summed E-state index contributed by atoms with van der Waals surface area (Å²) in [6.45, 7) is 7.70. The average Bonchev–Trinajstić information content (AvgIpc) is 2.67. The second kappa shape index (κ2) is 11.8. The summed E-state index contributed by atoms with van der Waals surface area (Å²) in [5, 5.41) is 10.4. The molecule has 0 spiro atoms. The van der Waals surface area contributed by atoms with E-state index in [1.807, 2.05) is 42.5 Å². The number of aliphatic hydroxyl groups excluding tert-OH is 1. The van der Waals surface area contributed by atoms with Gasteiger partial charge in [0, 0.05) is 13.1 Å². The standard InChI is InChI=1S/C23H33NO3/c1-19(2)13-14-24(15-20-9-11-23(26-3)12-10-20)16-22(25)18-27-17-21-7-5-4-6-8-21/h4-12,19,22,25H,13-18H2,1-3H3/t22-/m0/s1. The Bertz CT molecular complexity index is 628. The molecular formula is C23H33NO3. The van der Waals surface area contributed by atoms with Gasteiger partial charge in [0.15, 0.2) is 0 Å². The third-order valence-electron chi connectivity index (χ3n) is 4.48. The van der Waals surface area contributed by atoms with Gasteiger partial charge in [-0.1, -0.05) is 56.3 Å². The summed E-state index contributed by atoms with van der Waals surface area (Å²) in [6, 6.07) is 18.2. The third kappa shape index (κ3) is 8.57. The molecule has 0 bridgehead atoms. The lowest BCUT2D eigenvalue weighted by Gasteiger charge is -2.26. The molecule has 0 heterocycles. The third-order valence-corrected chi connectivity index (χ3v) is 4.48. The average molecular weight is 372 g/mol. The minimum Gasteiger partial charge on any atom is -0.497 e. The highest BCUT2D eigenvalue weighted by molar-refractivity contribution is 5.27. The normalized spacial score (nSPS) is 12.5. The molecule has 0 aliphatic carbocycles. The number of ether oxygens (including phenoxy) is 2. The van der Waals surface area contributed by atoms with Gasteiger partial charge in [0.05, 0.1) is 26.4 Å². The Hall–Kier alpha value is -1.88. The number of nitrogens with zero attached hydrogens (tertiary/aromatic N) is 1. The Kier molecular flexibility index (Phi) is 9.32. The molecule has 2 aromatic rings. The van der Waals surface area contributed by atoms with E-state index in [9.17, 15) is 5.11 Å². The van der Waals surface area contributed by atoms with Gasteiger partial charge in [0.2, 0.25) is 0 Å². The first kappa shape index (κ1) is 21.4. The van der Waals surface area contributed by atoms with Gasteiger partial charge in [0.1, 0.15) is 5.75 Å². The Morgan fingerprint density at radius 2 is 1.67 bits per heavy atom. The Morgan fingerprint density at radius 1 is 0.963 bits per heavy atom. The van der Waals surface area contributed by atoms with Crippen molar-refractivity contribution in [3.05, 3.63) is 65.7 Å². The predicted octanol–water partition coefficient (Wildman–Crippen LogP) is 4.12. The zero-order chi connectivity index (χ0) is 19.5. The molecule has 2 rings (SSSR count). The van der Waals surface area contributed by atoms with Crippen LogP contribution in [0.15, 0.2) is 54.6 Å². The number of aliphatic hydroxyl groups is 1. The van der Waals surface area contributed by atoms with Crippen LogP contribution in [0.1, 0.15) is 31.4 Å². The highest BCUT2D eigenvalue weighted by Gasteiger charge is 2.13. The van der Waals surface area contributed by atoms with Crippen LogP contribution >= 0.6 is 0 Å². The Morgan fingerprint density at radius 3 is 2.30 bits per heavy atom. The minimum absolute atomic E-state index is 0.343. The Balaban J connectivity index is 1.84. The van der Waals surface area contributed by atoms with Gasteiger partial charge in [-0.15, -0.1) is 0 Å². The van der Waals surface area contributed by atoms with Crippen molar-refractivity contribution in [1.29, 1.82) is 0 Å². The molecule has 0 saturated carbocycles. The number of benzene rings is 2. The molecule has 1 atom stereocenters. The van der Waals surface area contributed by atoms with Gasteiger partial charge >= 0.3 is 0 Å². The largest absolute Gasteiger partial charge is 0.497 e. The molecule has 4 heteroatoms. The summed E-state index contributed by atoms with van der Waals surface area (Å²) >= 11 is 0. The quantitative estimate of drug-likeness (QED) is 0.609. The van der Waals surface area contributed by atoms with Crippen LogP contribution in [0.25, 0.3) is 0 Å². The van der Waals surface area contributed by atoms with Crippen LogP contribution in [0.5, 0.6) is 5.75 Å². The number of rotatable bonds is 12. The first-order valence-corrected chi connectivity index (χ1v) is 9.72. The van der Waals surface area contributed by atoms with Crippen molar-refractivity contribution in [1.82, 2.24) is 4.90 Å². The van der Waals surface area contributed by atoms with Crippen LogP contribution in [0.2, 0.25) is 0 Å². The summed E-state index contributed by atoms with van der Waals surface area (Å²) in [4.78, 5) is 2.30. The minimum atomic E-state index is -0.501. The molecule has 0 unspecified atom stereocenters. The molecule has 0 saturated heterocycles. The molecule has 1 N–H and O–H groups in total. The fourth-order valence-corrected chi connectivity index (χ4v) is 2.90. The van der Waals surface area contributed by atoms with E-state index in [2.05, 4.69) is 30.9 Å². The van der Waals surface area contributed by atoms with Crippen LogP contribution in [-0.2, 0) is 17.9 Å². The number of hydrogen-bond acceptors (Lipinski definition) is 4. The number of methoxy groups -OCH3 is 1. The van der Waals surface area contributed by atoms with E-state index in [1.54, 1.807) is 7.11 Å². The van der Waals surface area contributed by atoms with Gasteiger partial charge in [0.25, 0.3) is 0 Å². The first-order chi connectivity index (χ1) is 13.1. The SMILES string of the molecule is COc1ccc(CN(CCC(C)C)C[C@H](O)COCc2ccccc2)cc1. The van der Waals surface area contributed by atoms with Gasteiger partial charge in [-0.3, -0.25) is 4.90 Å². The molecule has 0 aliphatic heterocycles. The molecule has 0 aliphatic rings. The fraction of sp³-hybridized carbons (Fsp3) is 0.478. The molecular weight excluding hydrogens is 338 g/mol. The van der Waals surface area contributed by atoms with Crippen molar-refractivity contribution in [3.8, 4) is 5.75 Å². The summed E-state index contributed by atoms with van der Waals surface area (Å²) in [5.74, 6) is 1.50. The van der Waals surface area contributed by atoms with Crippen LogP contribution in [-0.4, -0.2) is 42.9 Å². The highest BCUT2D eigenvalue weighted by Crippen LogP contribution is 2.14. The van der Waals surface area contributed by atoms with Gasteiger partial charge in [-0.2, -0.15) is 0 Å². The van der Waals surface area contributed by atoms with E-state index in [0.29, 0.717) is 25.7 Å². The van der Waals surface area contributed by atoms with Gasteiger partial charge in [-0.25, -0.2) is 0 Å². The van der Waals surface area contributed by atoms with E-state index in [-0.39, 0.29) is 0 Å². The van der Waals surface area contributed by atoms with E-state index >= 15 is 0 Å². The maximum Gasteiger partial charge on any atom is 0.118 e. The second-order valence-electron chi connectivity index (χ2n) is 7.42. The lowest BCUT2D eigenvalue weighted by Crippen LogP contribution is -2.35. The zero-order valence-corrected chi connectivity index (χ0v) is 16.8. The van der Waals surface area contributed by atoms with Crippen molar-refractivity contribution in [2.24, 2.45) is 5.92 Å². The monoisotopic (exact) mass is 371 g/mol. The van der Waals surface area contributed by atoms with E-state index in [4.69, 9.17) is 9.47 Å². The summed E-state index contributed by atoms with van der Waals surface area (Å²) in [7, 11) is 1.68. The molecule has 148 valence electrons. The molecule has 0 aromatic heterocycles. The van der Waals surface area contributed by atoms with Crippen molar-refractivity contribution in [3.63, 3.8) is 0 Å². The predicted molar refractivity (Wildman–Crippen MR) is 110 cm³/mol. The van der Waals surface area contributed by atoms with Crippen LogP contribution < -0.4 is 4.74 Å². The van der Waals surface area contributed by atoms with E-state index in [0.717, 1.165) is 30.8 Å². The first-order valence-electron chi connectivity index (χ1n) is 9.72. The van der Waals surface area contributed by atoms with Crippen LogP contribution in [0, 0.1) is 5.92 Å². The molecule has 4 nitrogen and oxygen atoms in total. The zero-order valence-electron chi connectivity index (χ0n) is 16.8. The maximum absolute atomic E-state index is 10.4. The molecule has 0 fully saturated rings. The summed E-state index contributed by atoms with van der Waals surface area (Å²) in [5.41, 5.74) is 2.34. The Labute approximate surface area is 163 Å². The maximum atomic E-state index is 10.4. The summed E-state index contributed by atoms with van der Waals surface area (Å²) < 4.78 is 10.9. The van der Waals surface area contributed by atoms with E-state index in [1.165, 1.54) is 5.56 Å². The molecule has 27 heavy (non-hydrogen) atoms. The van der Waals surface area contributed by atoms with Crippen molar-refractivity contribution in [2.45, 2.75) is 39.5 Å². The topological polar surface area (TPSA) is 41.9 Å². The second-order valence-corrected chi connectivity index (χ2v) is 7.42. The van der Waals surface area contributed by atoms with E-state index < -0.39 is 6.10 Å².